The summed E-state index contributed by atoms with van der Waals surface area (Å²) in [6, 6.07) is 11.2. The molecule has 0 radical (unpaired) electrons. The third kappa shape index (κ3) is 4.56. The zero-order chi connectivity index (χ0) is 16.8. The van der Waals surface area contributed by atoms with Gasteiger partial charge in [0.25, 0.3) is 0 Å². The first-order valence-corrected chi connectivity index (χ1v) is 8.77. The van der Waals surface area contributed by atoms with Gasteiger partial charge in [0.2, 0.25) is 5.91 Å². The molecule has 3 rings (SSSR count). The second-order valence-electron chi connectivity index (χ2n) is 6.14. The van der Waals surface area contributed by atoms with E-state index in [2.05, 4.69) is 15.2 Å². The number of nitrogens with one attached hydrogen (secondary N) is 1. The van der Waals surface area contributed by atoms with Crippen LogP contribution in [-0.4, -0.2) is 35.4 Å². The highest BCUT2D eigenvalue weighted by molar-refractivity contribution is 6.30. The first kappa shape index (κ1) is 16.9. The monoisotopic (exact) mass is 343 g/mol. The molecule has 0 aliphatic carbocycles. The maximum Gasteiger partial charge on any atom is 0.222 e. The average molecular weight is 344 g/mol. The topological polar surface area (TPSA) is 45.2 Å². The minimum Gasteiger partial charge on any atom is -0.345 e. The van der Waals surface area contributed by atoms with Crippen molar-refractivity contribution in [2.24, 2.45) is 0 Å². The van der Waals surface area contributed by atoms with Gasteiger partial charge in [-0.1, -0.05) is 29.8 Å². The number of hydrogen-bond acceptors (Lipinski definition) is 3. The fourth-order valence-corrected chi connectivity index (χ4v) is 3.19. The number of halogens is 1. The fraction of sp³-hybridized carbons (Fsp3) is 0.368. The van der Waals surface area contributed by atoms with Crippen LogP contribution in [-0.2, 0) is 4.79 Å². The van der Waals surface area contributed by atoms with E-state index >= 15 is 0 Å². The second-order valence-corrected chi connectivity index (χ2v) is 6.57. The van der Waals surface area contributed by atoms with E-state index in [0.29, 0.717) is 11.4 Å². The molecule has 4 nitrogen and oxygen atoms in total. The van der Waals surface area contributed by atoms with Crippen molar-refractivity contribution in [2.75, 3.05) is 19.6 Å². The van der Waals surface area contributed by atoms with E-state index < -0.39 is 0 Å². The van der Waals surface area contributed by atoms with E-state index in [4.69, 9.17) is 11.6 Å². The number of benzene rings is 1. The van der Waals surface area contributed by atoms with Gasteiger partial charge in [-0.05, 0) is 55.3 Å². The summed E-state index contributed by atoms with van der Waals surface area (Å²) in [6.45, 7) is 3.04. The fourth-order valence-electron chi connectivity index (χ4n) is 3.06. The molecule has 1 aliphatic rings. The maximum absolute atomic E-state index is 12.4. The highest BCUT2D eigenvalue weighted by Gasteiger charge is 2.18. The maximum atomic E-state index is 12.4. The molecule has 1 aromatic carbocycles. The predicted octanol–water partition coefficient (Wildman–Crippen LogP) is 3.43. The Kier molecular flexibility index (Phi) is 5.83. The Balaban J connectivity index is 1.70. The van der Waals surface area contributed by atoms with Crippen molar-refractivity contribution < 1.29 is 4.79 Å². The quantitative estimate of drug-likeness (QED) is 0.874. The van der Waals surface area contributed by atoms with Gasteiger partial charge in [-0.3, -0.25) is 9.78 Å². The lowest BCUT2D eigenvalue weighted by atomic mass is 10.00. The molecule has 2 heterocycles. The summed E-state index contributed by atoms with van der Waals surface area (Å²) in [5, 5.41) is 3.83. The van der Waals surface area contributed by atoms with Crippen molar-refractivity contribution in [3.05, 3.63) is 64.9 Å². The molecule has 5 heteroatoms. The molecule has 1 atom stereocenters. The van der Waals surface area contributed by atoms with E-state index in [-0.39, 0.29) is 11.9 Å². The Morgan fingerprint density at radius 2 is 1.92 bits per heavy atom. The molecule has 126 valence electrons. The van der Waals surface area contributed by atoms with Crippen LogP contribution in [0.4, 0.5) is 0 Å². The summed E-state index contributed by atoms with van der Waals surface area (Å²) in [4.78, 5) is 19.0. The van der Waals surface area contributed by atoms with Gasteiger partial charge in [0, 0.05) is 30.4 Å². The number of aromatic nitrogens is 1. The summed E-state index contributed by atoms with van der Waals surface area (Å²) in [5.41, 5.74) is 1.97. The number of hydrogen-bond donors (Lipinski definition) is 1. The van der Waals surface area contributed by atoms with Crippen molar-refractivity contribution in [2.45, 2.75) is 25.3 Å². The molecule has 0 spiro atoms. The number of carbonyl (C=O) groups is 1. The zero-order valence-corrected chi connectivity index (χ0v) is 14.4. The van der Waals surface area contributed by atoms with Gasteiger partial charge < -0.3 is 10.2 Å². The highest BCUT2D eigenvalue weighted by Crippen LogP contribution is 2.23. The summed E-state index contributed by atoms with van der Waals surface area (Å²) >= 11 is 5.99. The van der Waals surface area contributed by atoms with Crippen LogP contribution in [0.25, 0.3) is 0 Å². The molecule has 1 unspecified atom stereocenters. The first-order chi connectivity index (χ1) is 11.7. The number of amides is 1. The Morgan fingerprint density at radius 1 is 1.17 bits per heavy atom. The molecule has 0 saturated carbocycles. The lowest BCUT2D eigenvalue weighted by molar-refractivity contribution is -0.121. The molecule has 1 aliphatic heterocycles. The molecular weight excluding hydrogens is 322 g/mol. The molecule has 2 aromatic rings. The molecule has 1 amide bonds. The lowest BCUT2D eigenvalue weighted by Gasteiger charge is -2.21. The molecule has 1 N–H and O–H groups in total. The molecular formula is C19H22ClN3O. The molecule has 1 fully saturated rings. The normalized spacial score (nSPS) is 16.0. The van der Waals surface area contributed by atoms with Gasteiger partial charge in [-0.15, -0.1) is 0 Å². The van der Waals surface area contributed by atoms with E-state index in [1.807, 2.05) is 36.4 Å². The number of rotatable bonds is 6. The van der Waals surface area contributed by atoms with Gasteiger partial charge >= 0.3 is 0 Å². The van der Waals surface area contributed by atoms with E-state index in [1.165, 1.54) is 12.8 Å². The summed E-state index contributed by atoms with van der Waals surface area (Å²) < 4.78 is 0. The lowest BCUT2D eigenvalue weighted by Crippen LogP contribution is -2.32. The SMILES string of the molecule is O=C(CCN1CCCC1)NC(c1ccc(Cl)cc1)c1cccnc1. The van der Waals surface area contributed by atoms with Gasteiger partial charge in [0.15, 0.2) is 0 Å². The second kappa shape index (κ2) is 8.27. The Hall–Kier alpha value is -1.91. The van der Waals surface area contributed by atoms with E-state index in [1.54, 1.807) is 12.4 Å². The van der Waals surface area contributed by atoms with Gasteiger partial charge in [0.05, 0.1) is 6.04 Å². The van der Waals surface area contributed by atoms with E-state index in [9.17, 15) is 4.79 Å². The Morgan fingerprint density at radius 3 is 2.58 bits per heavy atom. The molecule has 1 saturated heterocycles. The Labute approximate surface area is 147 Å². The minimum atomic E-state index is -0.206. The van der Waals surface area contributed by atoms with Gasteiger partial charge in [-0.25, -0.2) is 0 Å². The third-order valence-corrected chi connectivity index (χ3v) is 4.63. The van der Waals surface area contributed by atoms with Crippen molar-refractivity contribution >= 4 is 17.5 Å². The third-order valence-electron chi connectivity index (χ3n) is 4.38. The van der Waals surface area contributed by atoms with Crippen LogP contribution in [0.2, 0.25) is 5.02 Å². The molecule has 0 bridgehead atoms. The number of nitrogens with zero attached hydrogens (tertiary/aromatic N) is 2. The van der Waals surface area contributed by atoms with Gasteiger partial charge in [-0.2, -0.15) is 0 Å². The Bertz CT molecular complexity index is 654. The van der Waals surface area contributed by atoms with Crippen LogP contribution in [0.3, 0.4) is 0 Å². The average Bonchev–Trinajstić information content (AvgIpc) is 3.13. The van der Waals surface area contributed by atoms with Crippen molar-refractivity contribution in [3.8, 4) is 0 Å². The molecule has 24 heavy (non-hydrogen) atoms. The molecule has 1 aromatic heterocycles. The first-order valence-electron chi connectivity index (χ1n) is 8.39. The summed E-state index contributed by atoms with van der Waals surface area (Å²) in [7, 11) is 0. The summed E-state index contributed by atoms with van der Waals surface area (Å²) in [6.07, 6.45) is 6.53. The van der Waals surface area contributed by atoms with Crippen molar-refractivity contribution in [3.63, 3.8) is 0 Å². The standard InChI is InChI=1S/C19H22ClN3O/c20-17-7-5-15(6-8-17)19(16-4-3-10-21-14-16)22-18(24)9-13-23-11-1-2-12-23/h3-8,10,14,19H,1-2,9,11-13H2,(H,22,24). The zero-order valence-electron chi connectivity index (χ0n) is 13.6. The predicted molar refractivity (Wildman–Crippen MR) is 96.0 cm³/mol. The number of pyridine rings is 1. The highest BCUT2D eigenvalue weighted by atomic mass is 35.5. The smallest absolute Gasteiger partial charge is 0.222 e. The van der Waals surface area contributed by atoms with Crippen LogP contribution in [0.5, 0.6) is 0 Å². The van der Waals surface area contributed by atoms with Gasteiger partial charge in [0.1, 0.15) is 0 Å². The van der Waals surface area contributed by atoms with Crippen LogP contribution in [0, 0.1) is 0 Å². The van der Waals surface area contributed by atoms with E-state index in [0.717, 1.165) is 30.8 Å². The van der Waals surface area contributed by atoms with Crippen LogP contribution < -0.4 is 5.32 Å². The number of likely N-dealkylation sites (tertiary alicyclic amines) is 1. The number of carbonyl (C=O) groups excluding carboxylic acids is 1. The van der Waals surface area contributed by atoms with Crippen molar-refractivity contribution in [1.82, 2.24) is 15.2 Å². The largest absolute Gasteiger partial charge is 0.345 e. The van der Waals surface area contributed by atoms with Crippen LogP contribution >= 0.6 is 11.6 Å². The minimum absolute atomic E-state index is 0.0608. The van der Waals surface area contributed by atoms with Crippen LogP contribution in [0.1, 0.15) is 36.4 Å². The van der Waals surface area contributed by atoms with Crippen LogP contribution in [0.15, 0.2) is 48.8 Å². The summed E-state index contributed by atoms with van der Waals surface area (Å²) in [5.74, 6) is 0.0608. The van der Waals surface area contributed by atoms with Crippen molar-refractivity contribution in [1.29, 1.82) is 0 Å².